The molecule has 0 heterocycles. The minimum absolute atomic E-state index is 0. The molecule has 0 aromatic carbocycles. The summed E-state index contributed by atoms with van der Waals surface area (Å²) in [6, 6.07) is -1.30. The monoisotopic (exact) mass is 691 g/mol. The molecule has 10 heteroatoms. The summed E-state index contributed by atoms with van der Waals surface area (Å²) < 4.78 is 0. The van der Waals surface area contributed by atoms with Crippen molar-refractivity contribution in [2.45, 2.75) is 187 Å². The molecule has 2 amide bonds. The first-order chi connectivity index (χ1) is 22.3. The van der Waals surface area contributed by atoms with Crippen molar-refractivity contribution in [1.82, 2.24) is 10.2 Å². The quantitative estimate of drug-likeness (QED) is 0.0793. The van der Waals surface area contributed by atoms with E-state index < -0.39 is 30.3 Å². The molecule has 0 aromatic heterocycles. The fourth-order valence-corrected chi connectivity index (χ4v) is 6.69. The summed E-state index contributed by atoms with van der Waals surface area (Å²) in [6.07, 6.45) is 26.9. The number of hydrogen-bond donors (Lipinski definition) is 1. The van der Waals surface area contributed by atoms with Crippen LogP contribution < -0.4 is 45.1 Å². The molecule has 270 valence electrons. The van der Waals surface area contributed by atoms with Crippen LogP contribution in [0.4, 0.5) is 0 Å². The summed E-state index contributed by atoms with van der Waals surface area (Å²) in [5.74, 6) is -0.376. The molecule has 0 aliphatic rings. The third-order valence-electron chi connectivity index (χ3n) is 8.64. The predicted octanol–water partition coefficient (Wildman–Crippen LogP) is 3.72. The van der Waals surface area contributed by atoms with Gasteiger partial charge in [-0.1, -0.05) is 116 Å². The van der Waals surface area contributed by atoms with Crippen LogP contribution in [0.3, 0.4) is 0 Å². The molecule has 0 spiro atoms. The number of nitrogens with zero attached hydrogens (tertiary/aromatic N) is 1. The standard InChI is InChI=1S/C37H70N2O6S.Na/c1-3-5-6-7-8-9-12-15-19-24-31-46-32-25-20-17-22-27-35(41)39(4-2)30-23-18-14-11-10-13-16-21-26-34(40)38-33(37(44)45)28-29-36(42)43;/h33H,3-32H2,1-2H3,(H,38,40)(H,42,43)(H,44,45);/q;+1/p-2. The van der Waals surface area contributed by atoms with Crippen LogP contribution in [0.5, 0.6) is 0 Å². The zero-order chi connectivity index (χ0) is 34.1. The number of thioether (sulfide) groups is 1. The average Bonchev–Trinajstić information content (AvgIpc) is 3.03. The molecule has 0 aliphatic carbocycles. The second-order valence-corrected chi connectivity index (χ2v) is 14.1. The third kappa shape index (κ3) is 33.5. The topological polar surface area (TPSA) is 130 Å². The van der Waals surface area contributed by atoms with Gasteiger partial charge in [-0.25, -0.2) is 0 Å². The third-order valence-corrected chi connectivity index (χ3v) is 9.80. The zero-order valence-electron chi connectivity index (χ0n) is 30.6. The van der Waals surface area contributed by atoms with Gasteiger partial charge in [-0.2, -0.15) is 11.8 Å². The van der Waals surface area contributed by atoms with Gasteiger partial charge in [-0.15, -0.1) is 0 Å². The number of hydrogen-bond acceptors (Lipinski definition) is 7. The summed E-state index contributed by atoms with van der Waals surface area (Å²) in [4.78, 5) is 48.1. The maximum atomic E-state index is 12.6. The fraction of sp³-hybridized carbons (Fsp3) is 0.892. The molecule has 1 atom stereocenters. The number of unbranched alkanes of at least 4 members (excludes halogenated alkanes) is 19. The molecular weight excluding hydrogens is 623 g/mol. The molecule has 0 saturated carbocycles. The molecule has 1 unspecified atom stereocenters. The van der Waals surface area contributed by atoms with Crippen molar-refractivity contribution >= 4 is 35.5 Å². The summed E-state index contributed by atoms with van der Waals surface area (Å²) in [5.41, 5.74) is 0. The molecule has 1 N–H and O–H groups in total. The average molecular weight is 692 g/mol. The van der Waals surface area contributed by atoms with Crippen molar-refractivity contribution in [3.8, 4) is 0 Å². The van der Waals surface area contributed by atoms with Crippen LogP contribution >= 0.6 is 11.8 Å². The number of nitrogens with one attached hydrogen (secondary N) is 1. The van der Waals surface area contributed by atoms with Crippen molar-refractivity contribution in [3.05, 3.63) is 0 Å². The second-order valence-electron chi connectivity index (χ2n) is 12.9. The second kappa shape index (κ2) is 36.5. The Hall–Kier alpha value is -0.770. The zero-order valence-corrected chi connectivity index (χ0v) is 33.4. The van der Waals surface area contributed by atoms with Crippen molar-refractivity contribution < 1.29 is 58.9 Å². The molecule has 0 aliphatic heterocycles. The fourth-order valence-electron chi connectivity index (χ4n) is 5.67. The molecular formula is C37H68N2NaO6S-. The SMILES string of the molecule is CCCCCCCCCCCCSCCCCCCC(=O)N(CC)CCCCCCCCCCC(=O)NC(CCC(=O)[O-])C(=O)[O-].[Na+]. The summed E-state index contributed by atoms with van der Waals surface area (Å²) in [6.45, 7) is 5.96. The van der Waals surface area contributed by atoms with Gasteiger partial charge >= 0.3 is 29.6 Å². The van der Waals surface area contributed by atoms with Gasteiger partial charge in [0.05, 0.1) is 12.0 Å². The van der Waals surface area contributed by atoms with E-state index in [-0.39, 0.29) is 42.4 Å². The number of aliphatic carboxylic acids is 2. The van der Waals surface area contributed by atoms with Gasteiger partial charge in [0.15, 0.2) is 0 Å². The Morgan fingerprint density at radius 1 is 0.596 bits per heavy atom. The van der Waals surface area contributed by atoms with E-state index in [0.29, 0.717) is 18.7 Å². The van der Waals surface area contributed by atoms with Crippen LogP contribution in [0.15, 0.2) is 0 Å². The first kappa shape index (κ1) is 48.3. The Morgan fingerprint density at radius 3 is 1.51 bits per heavy atom. The number of amides is 2. The Balaban J connectivity index is 0. The molecule has 0 bridgehead atoms. The smallest absolute Gasteiger partial charge is 0.550 e. The summed E-state index contributed by atoms with van der Waals surface area (Å²) in [7, 11) is 0. The Bertz CT molecular complexity index is 773. The van der Waals surface area contributed by atoms with E-state index in [1.807, 2.05) is 4.90 Å². The minimum atomic E-state index is -1.48. The van der Waals surface area contributed by atoms with Gasteiger partial charge in [-0.3, -0.25) is 9.59 Å². The largest absolute Gasteiger partial charge is 1.00 e. The van der Waals surface area contributed by atoms with Gasteiger partial charge in [0.25, 0.3) is 0 Å². The van der Waals surface area contributed by atoms with Crippen LogP contribution in [0, 0.1) is 0 Å². The maximum Gasteiger partial charge on any atom is 1.00 e. The van der Waals surface area contributed by atoms with E-state index in [1.165, 1.54) is 88.6 Å². The molecule has 0 fully saturated rings. The van der Waals surface area contributed by atoms with E-state index in [2.05, 4.69) is 30.9 Å². The van der Waals surface area contributed by atoms with E-state index in [1.54, 1.807) is 0 Å². The van der Waals surface area contributed by atoms with Crippen LogP contribution in [0.25, 0.3) is 0 Å². The summed E-state index contributed by atoms with van der Waals surface area (Å²) >= 11 is 2.10. The van der Waals surface area contributed by atoms with Gasteiger partial charge in [0, 0.05) is 31.9 Å². The molecule has 0 aromatic rings. The van der Waals surface area contributed by atoms with E-state index >= 15 is 0 Å². The van der Waals surface area contributed by atoms with Gasteiger partial charge < -0.3 is 30.0 Å². The molecule has 8 nitrogen and oxygen atoms in total. The number of carboxylic acids is 2. The van der Waals surface area contributed by atoms with Crippen LogP contribution in [-0.2, 0) is 19.2 Å². The van der Waals surface area contributed by atoms with Crippen molar-refractivity contribution in [2.75, 3.05) is 24.6 Å². The first-order valence-corrected chi connectivity index (χ1v) is 20.0. The van der Waals surface area contributed by atoms with Crippen molar-refractivity contribution in [1.29, 1.82) is 0 Å². The molecule has 0 rings (SSSR count). The molecule has 0 saturated heterocycles. The summed E-state index contributed by atoms with van der Waals surface area (Å²) in [5, 5.41) is 23.9. The molecule has 0 radical (unpaired) electrons. The van der Waals surface area contributed by atoms with E-state index in [4.69, 9.17) is 0 Å². The molecule has 47 heavy (non-hydrogen) atoms. The first-order valence-electron chi connectivity index (χ1n) is 18.9. The van der Waals surface area contributed by atoms with E-state index in [9.17, 15) is 29.4 Å². The van der Waals surface area contributed by atoms with Crippen LogP contribution in [-0.4, -0.2) is 59.3 Å². The Morgan fingerprint density at radius 2 is 1.04 bits per heavy atom. The van der Waals surface area contributed by atoms with Crippen LogP contribution in [0.1, 0.15) is 181 Å². The minimum Gasteiger partial charge on any atom is -0.550 e. The van der Waals surface area contributed by atoms with Crippen molar-refractivity contribution in [2.24, 2.45) is 0 Å². The maximum absolute atomic E-state index is 12.6. The van der Waals surface area contributed by atoms with Gasteiger partial charge in [-0.05, 0) is 63.4 Å². The number of carbonyl (C=O) groups excluding carboxylic acids is 4. The number of carboxylic acid groups (broad SMARTS) is 2. The Labute approximate surface area is 314 Å². The van der Waals surface area contributed by atoms with Crippen molar-refractivity contribution in [3.63, 3.8) is 0 Å². The predicted molar refractivity (Wildman–Crippen MR) is 187 cm³/mol. The number of carbonyl (C=O) groups is 4. The van der Waals surface area contributed by atoms with Gasteiger partial charge in [0.1, 0.15) is 0 Å². The van der Waals surface area contributed by atoms with E-state index in [0.717, 1.165) is 70.9 Å². The number of rotatable bonds is 35. The van der Waals surface area contributed by atoms with Gasteiger partial charge in [0.2, 0.25) is 11.8 Å². The Kier molecular flexibility index (Phi) is 37.6. The normalized spacial score (nSPS) is 11.5. The van der Waals surface area contributed by atoms with Crippen LogP contribution in [0.2, 0.25) is 0 Å².